The molecule has 2 aromatic heterocycles. The van der Waals surface area contributed by atoms with Crippen molar-refractivity contribution in [2.45, 2.75) is 62.2 Å². The van der Waals surface area contributed by atoms with E-state index >= 15 is 0 Å². The van der Waals surface area contributed by atoms with E-state index in [1.807, 2.05) is 72.8 Å². The van der Waals surface area contributed by atoms with Gasteiger partial charge in [-0.05, 0) is 109 Å². The molecule has 4 aromatic carbocycles. The van der Waals surface area contributed by atoms with Gasteiger partial charge in [0.15, 0.2) is 10.1 Å². The van der Waals surface area contributed by atoms with Gasteiger partial charge in [-0.15, -0.1) is 0 Å². The first-order valence-corrected chi connectivity index (χ1v) is 23.7. The zero-order chi connectivity index (χ0) is 45.5. The smallest absolute Gasteiger partial charge is 0.262 e. The summed E-state index contributed by atoms with van der Waals surface area (Å²) in [5.74, 6) is 2.85. The molecule has 1 saturated heterocycles. The Morgan fingerprint density at radius 3 is 1.09 bits per heavy atom. The molecular formula is C46H57N7O9S2. The molecule has 1 aliphatic heterocycles. The molecule has 16 nitrogen and oxygen atoms in total. The van der Waals surface area contributed by atoms with Gasteiger partial charge in [-0.3, -0.25) is 9.36 Å². The van der Waals surface area contributed by atoms with Crippen LogP contribution in [-0.2, 0) is 59.3 Å². The summed E-state index contributed by atoms with van der Waals surface area (Å²) in [5.41, 5.74) is 3.38. The second-order valence-corrected chi connectivity index (χ2v) is 18.8. The summed E-state index contributed by atoms with van der Waals surface area (Å²) in [6, 6.07) is 32.4. The summed E-state index contributed by atoms with van der Waals surface area (Å²) in [6.07, 6.45) is 5.75. The fraction of sp³-hybridized carbons (Fsp3) is 0.348. The predicted octanol–water partition coefficient (Wildman–Crippen LogP) is 5.67. The minimum absolute atomic E-state index is 0.0574. The van der Waals surface area contributed by atoms with Crippen molar-refractivity contribution >= 4 is 20.0 Å². The van der Waals surface area contributed by atoms with E-state index in [1.165, 1.54) is 32.2 Å². The number of methoxy groups -OCH3 is 4. The minimum Gasteiger partial charge on any atom is -0.497 e. The Morgan fingerprint density at radius 1 is 0.484 bits per heavy atom. The Kier molecular flexibility index (Phi) is 16.9. The van der Waals surface area contributed by atoms with E-state index < -0.39 is 20.0 Å². The van der Waals surface area contributed by atoms with Gasteiger partial charge in [-0.2, -0.15) is 18.8 Å². The van der Waals surface area contributed by atoms with Crippen molar-refractivity contribution in [3.63, 3.8) is 0 Å². The monoisotopic (exact) mass is 915 g/mol. The molecule has 1 aliphatic rings. The first-order valence-electron chi connectivity index (χ1n) is 20.9. The molecule has 0 unspecified atom stereocenters. The third kappa shape index (κ3) is 12.9. The number of benzene rings is 4. The normalized spacial score (nSPS) is 13.2. The minimum atomic E-state index is -3.87. The van der Waals surface area contributed by atoms with Gasteiger partial charge in [0, 0.05) is 45.1 Å². The van der Waals surface area contributed by atoms with Crippen LogP contribution in [-0.4, -0.2) is 110 Å². The summed E-state index contributed by atoms with van der Waals surface area (Å²) < 4.78 is 80.8. The van der Waals surface area contributed by atoms with Crippen LogP contribution in [0.25, 0.3) is 0 Å². The quantitative estimate of drug-likeness (QED) is 0.0941. The molecule has 0 bridgehead atoms. The number of aliphatic hydroxyl groups excluding tert-OH is 1. The van der Waals surface area contributed by atoms with Crippen LogP contribution in [0.5, 0.6) is 23.0 Å². The summed E-state index contributed by atoms with van der Waals surface area (Å²) >= 11 is 0. The predicted molar refractivity (Wildman–Crippen MR) is 242 cm³/mol. The van der Waals surface area contributed by atoms with Gasteiger partial charge >= 0.3 is 0 Å². The number of likely N-dealkylation sites (tertiary alicyclic amines) is 1. The Bertz CT molecular complexity index is 2460. The first kappa shape index (κ1) is 47.7. The van der Waals surface area contributed by atoms with Crippen molar-refractivity contribution in [1.82, 2.24) is 33.1 Å². The lowest BCUT2D eigenvalue weighted by molar-refractivity contribution is 0.268. The molecule has 1 N–H and O–H groups in total. The van der Waals surface area contributed by atoms with Gasteiger partial charge in [-0.1, -0.05) is 48.5 Å². The van der Waals surface area contributed by atoms with Crippen molar-refractivity contribution in [1.29, 1.82) is 0 Å². The maximum Gasteiger partial charge on any atom is 0.262 e. The van der Waals surface area contributed by atoms with E-state index in [2.05, 4.69) is 15.1 Å². The van der Waals surface area contributed by atoms with Crippen LogP contribution >= 0.6 is 0 Å². The molecule has 342 valence electrons. The number of hydrogen-bond acceptors (Lipinski definition) is 12. The molecule has 0 saturated carbocycles. The van der Waals surface area contributed by atoms with Crippen LogP contribution in [0.15, 0.2) is 132 Å². The molecule has 3 heterocycles. The van der Waals surface area contributed by atoms with E-state index in [0.717, 1.165) is 53.4 Å². The third-order valence-corrected chi connectivity index (χ3v) is 14.1. The van der Waals surface area contributed by atoms with Crippen molar-refractivity contribution in [3.8, 4) is 23.0 Å². The molecule has 0 aliphatic carbocycles. The zero-order valence-corrected chi connectivity index (χ0v) is 38.3. The van der Waals surface area contributed by atoms with Gasteiger partial charge in [-0.25, -0.2) is 16.8 Å². The highest BCUT2D eigenvalue weighted by atomic mass is 32.2. The number of hydrogen-bond donors (Lipinski definition) is 1. The van der Waals surface area contributed by atoms with Crippen LogP contribution in [0.4, 0.5) is 0 Å². The lowest BCUT2D eigenvalue weighted by Gasteiger charge is -2.22. The van der Waals surface area contributed by atoms with Gasteiger partial charge in [0.05, 0.1) is 48.1 Å². The van der Waals surface area contributed by atoms with E-state index in [1.54, 1.807) is 75.8 Å². The van der Waals surface area contributed by atoms with Crippen molar-refractivity contribution < 1.29 is 40.9 Å². The zero-order valence-electron chi connectivity index (χ0n) is 36.7. The van der Waals surface area contributed by atoms with Crippen molar-refractivity contribution in [2.24, 2.45) is 0 Å². The lowest BCUT2D eigenvalue weighted by Crippen LogP contribution is -2.31. The topological polar surface area (TPSA) is 171 Å². The highest BCUT2D eigenvalue weighted by Crippen LogP contribution is 2.25. The van der Waals surface area contributed by atoms with Crippen molar-refractivity contribution in [3.05, 3.63) is 144 Å². The highest BCUT2D eigenvalue weighted by Gasteiger charge is 2.29. The standard InChI is InChI=1S/C25H32N4O4S.C21H25N3O5S/c1-32-23-9-5-21(6-10-23)19-29(20-22-7-11-24(33-2)12-8-22)34(30,31)25-13-16-28(26-25)18-17-27-14-3-4-15-27;1-28-19-7-3-17(4-8-19)15-24(16-18-5-9-20(29-2)10-6-18)30(26,27)21-11-12-23(22-21)13-14-25/h5-13,16H,3-4,14-15,17-20H2,1-2H3;3-12,25H,13-16H2,1-2H3. The van der Waals surface area contributed by atoms with Crippen LogP contribution in [0.1, 0.15) is 35.1 Å². The molecule has 1 fully saturated rings. The van der Waals surface area contributed by atoms with E-state index in [9.17, 15) is 16.8 Å². The number of rotatable bonds is 21. The summed E-state index contributed by atoms with van der Waals surface area (Å²) in [7, 11) is -1.31. The second kappa shape index (κ2) is 22.7. The Labute approximate surface area is 376 Å². The number of aliphatic hydroxyl groups is 1. The second-order valence-electron chi connectivity index (χ2n) is 15.0. The Morgan fingerprint density at radius 2 is 0.797 bits per heavy atom. The number of ether oxygens (including phenoxy) is 4. The fourth-order valence-electron chi connectivity index (χ4n) is 7.02. The maximum atomic E-state index is 13.7. The summed E-state index contributed by atoms with van der Waals surface area (Å²) in [4.78, 5) is 2.38. The molecule has 64 heavy (non-hydrogen) atoms. The van der Waals surface area contributed by atoms with E-state index in [-0.39, 0.29) is 49.4 Å². The lowest BCUT2D eigenvalue weighted by atomic mass is 10.2. The molecule has 0 amide bonds. The van der Waals surface area contributed by atoms with Crippen LogP contribution in [0.3, 0.4) is 0 Å². The number of aromatic nitrogens is 4. The molecule has 0 atom stereocenters. The number of sulfonamides is 2. The maximum absolute atomic E-state index is 13.7. The number of nitrogens with zero attached hydrogens (tertiary/aromatic N) is 7. The van der Waals surface area contributed by atoms with Crippen LogP contribution in [0.2, 0.25) is 0 Å². The largest absolute Gasteiger partial charge is 0.497 e. The molecule has 0 radical (unpaired) electrons. The molecule has 7 rings (SSSR count). The average molecular weight is 916 g/mol. The average Bonchev–Trinajstić information content (AvgIpc) is 4.13. The molecular weight excluding hydrogens is 859 g/mol. The molecule has 18 heteroatoms. The Balaban J connectivity index is 0.000000214. The van der Waals surface area contributed by atoms with Crippen molar-refractivity contribution in [2.75, 3.05) is 54.7 Å². The third-order valence-electron chi connectivity index (χ3n) is 10.7. The Hall–Kier alpha value is -5.76. The van der Waals surface area contributed by atoms with Gasteiger partial charge in [0.1, 0.15) is 23.0 Å². The molecule has 0 spiro atoms. The van der Waals surface area contributed by atoms with Crippen LogP contribution < -0.4 is 18.9 Å². The van der Waals surface area contributed by atoms with E-state index in [0.29, 0.717) is 18.0 Å². The highest BCUT2D eigenvalue weighted by molar-refractivity contribution is 7.89. The van der Waals surface area contributed by atoms with Crippen LogP contribution in [0, 0.1) is 0 Å². The summed E-state index contributed by atoms with van der Waals surface area (Å²) in [6.45, 7) is 4.65. The molecule has 6 aromatic rings. The van der Waals surface area contributed by atoms with E-state index in [4.69, 9.17) is 24.1 Å². The first-order chi connectivity index (χ1) is 30.9. The van der Waals surface area contributed by atoms with Gasteiger partial charge in [0.2, 0.25) is 0 Å². The van der Waals surface area contributed by atoms with Gasteiger partial charge < -0.3 is 29.0 Å². The SMILES string of the molecule is COc1ccc(CN(Cc2ccc(OC)cc2)S(=O)(=O)c2ccn(CCN3CCCC3)n2)cc1.COc1ccc(CN(Cc2ccc(OC)cc2)S(=O)(=O)c2ccn(CCO)n2)cc1. The van der Waals surface area contributed by atoms with Gasteiger partial charge in [0.25, 0.3) is 20.0 Å². The fourth-order valence-corrected chi connectivity index (χ4v) is 9.70. The summed E-state index contributed by atoms with van der Waals surface area (Å²) in [5, 5.41) is 17.6.